The van der Waals surface area contributed by atoms with Crippen LogP contribution < -0.4 is 5.32 Å². The molecule has 0 aliphatic carbocycles. The summed E-state index contributed by atoms with van der Waals surface area (Å²) in [5.41, 5.74) is 1.28. The Morgan fingerprint density at radius 1 is 1.18 bits per heavy atom. The predicted molar refractivity (Wildman–Crippen MR) is 122 cm³/mol. The fraction of sp³-hybridized carbons (Fsp3) is 0.304. The van der Waals surface area contributed by atoms with Gasteiger partial charge in [-0.2, -0.15) is 5.10 Å². The van der Waals surface area contributed by atoms with Crippen LogP contribution in [0.5, 0.6) is 0 Å². The van der Waals surface area contributed by atoms with Crippen LogP contribution in [-0.2, 0) is 17.4 Å². The number of aryl methyl sites for hydroxylation is 1. The number of carbonyl (C=O) groups excluding carboxylic acids is 1. The van der Waals surface area contributed by atoms with Crippen LogP contribution in [0.4, 0.5) is 5.95 Å². The van der Waals surface area contributed by atoms with E-state index < -0.39 is 11.5 Å². The monoisotopic (exact) mass is 460 g/mol. The van der Waals surface area contributed by atoms with Crippen molar-refractivity contribution >= 4 is 11.9 Å². The summed E-state index contributed by atoms with van der Waals surface area (Å²) in [5.74, 6) is 0.426. The summed E-state index contributed by atoms with van der Waals surface area (Å²) in [6.07, 6.45) is 5.66. The number of nitrogens with one attached hydrogen (secondary N) is 1. The number of nitrogens with zero attached hydrogens (tertiary/aromatic N) is 7. The zero-order chi connectivity index (χ0) is 23.9. The number of aromatic nitrogens is 6. The smallest absolute Gasteiger partial charge is 0.260 e. The number of amides is 1. The van der Waals surface area contributed by atoms with Crippen LogP contribution in [0.15, 0.2) is 53.4 Å². The molecule has 2 N–H and O–H groups in total. The van der Waals surface area contributed by atoms with Gasteiger partial charge in [-0.3, -0.25) is 9.48 Å². The van der Waals surface area contributed by atoms with Crippen molar-refractivity contribution in [3.05, 3.63) is 60.2 Å². The lowest BCUT2D eigenvalue weighted by Crippen LogP contribution is -2.36. The Bertz CT molecular complexity index is 1350. The van der Waals surface area contributed by atoms with Crippen molar-refractivity contribution in [2.75, 3.05) is 18.9 Å². The number of hydrogen-bond acceptors (Lipinski definition) is 9. The number of rotatable bonds is 6. The van der Waals surface area contributed by atoms with Crippen LogP contribution in [0.25, 0.3) is 22.8 Å². The molecular weight excluding hydrogens is 436 g/mol. The largest absolute Gasteiger partial charge is 0.374 e. The van der Waals surface area contributed by atoms with E-state index in [2.05, 4.69) is 30.5 Å². The first-order chi connectivity index (χ1) is 16.3. The fourth-order valence-corrected chi connectivity index (χ4v) is 3.91. The van der Waals surface area contributed by atoms with E-state index in [9.17, 15) is 9.90 Å². The van der Waals surface area contributed by atoms with Gasteiger partial charge < -0.3 is 19.8 Å². The topological polar surface area (TPSA) is 135 Å². The summed E-state index contributed by atoms with van der Waals surface area (Å²) in [7, 11) is 3.52. The van der Waals surface area contributed by atoms with E-state index in [0.29, 0.717) is 35.3 Å². The van der Waals surface area contributed by atoms with E-state index in [1.165, 1.54) is 4.90 Å². The van der Waals surface area contributed by atoms with Gasteiger partial charge in [0.25, 0.3) is 5.91 Å². The standard InChI is InChI=1S/C23H24N8O3/c1-14(15-12-25-31(3)13-15)26-22-24-9-7-17(28-22)16-5-4-6-18(27-16)19-11-20(29-34-19)23(33)8-10-30(2)21(23)32/h4-7,9,11-14,33H,8,10H2,1-3H3,(H,24,26,28). The highest BCUT2D eigenvalue weighted by Crippen LogP contribution is 2.34. The average molecular weight is 460 g/mol. The van der Waals surface area contributed by atoms with Gasteiger partial charge in [-0.05, 0) is 25.1 Å². The van der Waals surface area contributed by atoms with Crippen molar-refractivity contribution in [2.24, 2.45) is 7.05 Å². The molecule has 1 amide bonds. The molecular formula is C23H24N8O3. The molecule has 174 valence electrons. The van der Waals surface area contributed by atoms with E-state index in [-0.39, 0.29) is 18.2 Å². The number of anilines is 1. The second-order valence-corrected chi connectivity index (χ2v) is 8.40. The number of carbonyl (C=O) groups is 1. The molecule has 1 saturated heterocycles. The van der Waals surface area contributed by atoms with Gasteiger partial charge in [0.2, 0.25) is 5.95 Å². The Morgan fingerprint density at radius 3 is 2.71 bits per heavy atom. The summed E-state index contributed by atoms with van der Waals surface area (Å²) < 4.78 is 7.18. The maximum atomic E-state index is 12.4. The van der Waals surface area contributed by atoms with Crippen molar-refractivity contribution in [1.29, 1.82) is 0 Å². The Kier molecular flexibility index (Phi) is 5.33. The molecule has 0 bridgehead atoms. The third-order valence-electron chi connectivity index (χ3n) is 5.93. The van der Waals surface area contributed by atoms with Gasteiger partial charge in [-0.1, -0.05) is 11.2 Å². The van der Waals surface area contributed by atoms with Crippen molar-refractivity contribution in [3.8, 4) is 22.8 Å². The summed E-state index contributed by atoms with van der Waals surface area (Å²) >= 11 is 0. The number of likely N-dealkylation sites (tertiary alicyclic amines) is 1. The van der Waals surface area contributed by atoms with Crippen LogP contribution in [0, 0.1) is 0 Å². The second kappa shape index (κ2) is 8.34. The Balaban J connectivity index is 1.38. The molecule has 11 heteroatoms. The third kappa shape index (κ3) is 3.90. The lowest BCUT2D eigenvalue weighted by atomic mass is 9.97. The minimum atomic E-state index is -1.67. The molecule has 0 aromatic carbocycles. The van der Waals surface area contributed by atoms with Crippen LogP contribution >= 0.6 is 0 Å². The molecule has 5 heterocycles. The second-order valence-electron chi connectivity index (χ2n) is 8.40. The highest BCUT2D eigenvalue weighted by molar-refractivity contribution is 5.88. The maximum Gasteiger partial charge on any atom is 0.260 e. The van der Waals surface area contributed by atoms with Crippen LogP contribution in [0.1, 0.15) is 30.6 Å². The molecule has 4 aromatic rings. The maximum absolute atomic E-state index is 12.4. The molecule has 0 spiro atoms. The van der Waals surface area contributed by atoms with Gasteiger partial charge in [0.15, 0.2) is 11.4 Å². The lowest BCUT2D eigenvalue weighted by Gasteiger charge is -2.16. The molecule has 2 atom stereocenters. The molecule has 11 nitrogen and oxygen atoms in total. The third-order valence-corrected chi connectivity index (χ3v) is 5.93. The van der Waals surface area contributed by atoms with Crippen molar-refractivity contribution in [3.63, 3.8) is 0 Å². The van der Waals surface area contributed by atoms with E-state index in [1.807, 2.05) is 32.3 Å². The van der Waals surface area contributed by atoms with Gasteiger partial charge in [-0.15, -0.1) is 0 Å². The normalized spacial score (nSPS) is 18.9. The van der Waals surface area contributed by atoms with Crippen LogP contribution in [-0.4, -0.2) is 59.4 Å². The van der Waals surface area contributed by atoms with Crippen molar-refractivity contribution < 1.29 is 14.4 Å². The molecule has 4 aromatic heterocycles. The first-order valence-electron chi connectivity index (χ1n) is 10.8. The van der Waals surface area contributed by atoms with E-state index in [1.54, 1.807) is 42.3 Å². The van der Waals surface area contributed by atoms with E-state index in [4.69, 9.17) is 4.52 Å². The zero-order valence-corrected chi connectivity index (χ0v) is 19.0. The van der Waals surface area contributed by atoms with Crippen molar-refractivity contribution in [1.82, 2.24) is 34.8 Å². The molecule has 0 radical (unpaired) electrons. The fourth-order valence-electron chi connectivity index (χ4n) is 3.91. The lowest BCUT2D eigenvalue weighted by molar-refractivity contribution is -0.143. The highest BCUT2D eigenvalue weighted by atomic mass is 16.5. The number of likely N-dealkylation sites (N-methyl/N-ethyl adjacent to an activating group) is 1. The summed E-state index contributed by atoms with van der Waals surface area (Å²) in [4.78, 5) is 27.4. The zero-order valence-electron chi connectivity index (χ0n) is 19.0. The SMILES string of the molecule is CC(Nc1nccc(-c2cccc(-c3cc(C4(O)CCN(C)C4=O)no3)n2)n1)c1cnn(C)c1. The summed E-state index contributed by atoms with van der Waals surface area (Å²) in [6.45, 7) is 2.46. The molecule has 2 unspecified atom stereocenters. The Hall–Kier alpha value is -4.12. The van der Waals surface area contributed by atoms with Gasteiger partial charge >= 0.3 is 0 Å². The molecule has 1 aliphatic heterocycles. The van der Waals surface area contributed by atoms with Crippen molar-refractivity contribution in [2.45, 2.75) is 25.0 Å². The average Bonchev–Trinajstić information content (AvgIpc) is 3.57. The van der Waals surface area contributed by atoms with Gasteiger partial charge in [-0.25, -0.2) is 15.0 Å². The van der Waals surface area contributed by atoms with E-state index >= 15 is 0 Å². The van der Waals surface area contributed by atoms with Crippen LogP contribution in [0.3, 0.4) is 0 Å². The number of hydrogen-bond donors (Lipinski definition) is 2. The number of pyridine rings is 1. The van der Waals surface area contributed by atoms with Gasteiger partial charge in [0.1, 0.15) is 11.4 Å². The first-order valence-corrected chi connectivity index (χ1v) is 10.8. The molecule has 0 saturated carbocycles. The van der Waals surface area contributed by atoms with Crippen LogP contribution in [0.2, 0.25) is 0 Å². The summed E-state index contributed by atoms with van der Waals surface area (Å²) in [5, 5.41) is 22.2. The Morgan fingerprint density at radius 2 is 1.97 bits per heavy atom. The highest BCUT2D eigenvalue weighted by Gasteiger charge is 2.47. The molecule has 1 aliphatic rings. The molecule has 34 heavy (non-hydrogen) atoms. The van der Waals surface area contributed by atoms with E-state index in [0.717, 1.165) is 5.56 Å². The predicted octanol–water partition coefficient (Wildman–Crippen LogP) is 2.15. The Labute approximate surface area is 195 Å². The minimum Gasteiger partial charge on any atom is -0.374 e. The summed E-state index contributed by atoms with van der Waals surface area (Å²) in [6, 6.07) is 8.74. The van der Waals surface area contributed by atoms with Gasteiger partial charge in [0, 0.05) is 51.1 Å². The quantitative estimate of drug-likeness (QED) is 0.444. The minimum absolute atomic E-state index is 0.0287. The van der Waals surface area contributed by atoms with Gasteiger partial charge in [0.05, 0.1) is 23.6 Å². The first kappa shape index (κ1) is 21.7. The molecule has 5 rings (SSSR count). The molecule has 1 fully saturated rings. The number of aliphatic hydroxyl groups is 1.